The van der Waals surface area contributed by atoms with E-state index in [2.05, 4.69) is 20.1 Å². The highest BCUT2D eigenvalue weighted by Crippen LogP contribution is 2.24. The summed E-state index contributed by atoms with van der Waals surface area (Å²) in [7, 11) is -3.39. The van der Waals surface area contributed by atoms with E-state index in [1.807, 2.05) is 0 Å². The molecule has 2 aromatic heterocycles. The highest BCUT2D eigenvalue weighted by Gasteiger charge is 2.11. The first-order valence-corrected chi connectivity index (χ1v) is 8.65. The number of rotatable bonds is 4. The van der Waals surface area contributed by atoms with Crippen molar-refractivity contribution < 1.29 is 18.3 Å². The fraction of sp³-hybridized carbons (Fsp3) is 0.0714. The molecule has 3 N–H and O–H groups in total. The minimum atomic E-state index is -3.39. The molecule has 0 fully saturated rings. The van der Waals surface area contributed by atoms with E-state index in [-0.39, 0.29) is 5.95 Å². The summed E-state index contributed by atoms with van der Waals surface area (Å²) in [6, 6.07) is 12.0. The summed E-state index contributed by atoms with van der Waals surface area (Å²) in [5.74, 6) is -0.0413. The van der Waals surface area contributed by atoms with Crippen molar-refractivity contribution in [3.05, 3.63) is 42.5 Å². The Bertz CT molecular complexity index is 1030. The van der Waals surface area contributed by atoms with Crippen molar-refractivity contribution in [2.24, 2.45) is 0 Å². The average Bonchev–Trinajstić information content (AvgIpc) is 2.86. The molecule has 0 aliphatic rings. The van der Waals surface area contributed by atoms with Gasteiger partial charge in [-0.25, -0.2) is 17.7 Å². The molecular formula is C14H13N5O4S. The highest BCUT2D eigenvalue weighted by atomic mass is 32.2. The van der Waals surface area contributed by atoms with E-state index in [0.717, 1.165) is 6.26 Å². The van der Waals surface area contributed by atoms with Crippen LogP contribution in [0.1, 0.15) is 0 Å². The maximum absolute atomic E-state index is 11.4. The normalized spacial score (nSPS) is 11.4. The van der Waals surface area contributed by atoms with Gasteiger partial charge in [0.15, 0.2) is 5.65 Å². The molecule has 3 aromatic rings. The molecular weight excluding hydrogens is 334 g/mol. The first-order chi connectivity index (χ1) is 11.3. The Kier molecular flexibility index (Phi) is 3.81. The van der Waals surface area contributed by atoms with Crippen LogP contribution in [-0.2, 0) is 10.0 Å². The number of hydrogen-bond acceptors (Lipinski definition) is 5. The first kappa shape index (κ1) is 15.7. The Morgan fingerprint density at radius 1 is 1.21 bits per heavy atom. The molecule has 124 valence electrons. The number of nitrogens with one attached hydrogen (secondary N) is 2. The number of carboxylic acid groups (broad SMARTS) is 1. The van der Waals surface area contributed by atoms with Crippen LogP contribution < -0.4 is 10.0 Å². The van der Waals surface area contributed by atoms with Crippen molar-refractivity contribution in [1.82, 2.24) is 14.6 Å². The quantitative estimate of drug-likeness (QED) is 0.661. The summed E-state index contributed by atoms with van der Waals surface area (Å²) in [5.41, 5.74) is 2.20. The van der Waals surface area contributed by atoms with Crippen LogP contribution >= 0.6 is 0 Å². The Balaban J connectivity index is 2.07. The van der Waals surface area contributed by atoms with Gasteiger partial charge in [-0.1, -0.05) is 18.2 Å². The molecule has 0 aliphatic carbocycles. The third kappa shape index (κ3) is 3.43. The molecule has 0 saturated heterocycles. The van der Waals surface area contributed by atoms with Crippen LogP contribution in [0.5, 0.6) is 0 Å². The Labute approximate surface area is 137 Å². The molecule has 0 saturated carbocycles. The maximum atomic E-state index is 11.4. The third-order valence-corrected chi connectivity index (χ3v) is 3.65. The van der Waals surface area contributed by atoms with Crippen molar-refractivity contribution in [3.8, 4) is 11.3 Å². The fourth-order valence-corrected chi connectivity index (χ4v) is 2.78. The van der Waals surface area contributed by atoms with Gasteiger partial charge in [-0.3, -0.25) is 10.0 Å². The largest absolute Gasteiger partial charge is 0.465 e. The van der Waals surface area contributed by atoms with Gasteiger partial charge in [0.05, 0.1) is 11.9 Å². The van der Waals surface area contributed by atoms with Crippen LogP contribution in [0.4, 0.5) is 16.4 Å². The van der Waals surface area contributed by atoms with Crippen molar-refractivity contribution in [2.75, 3.05) is 16.3 Å². The maximum Gasteiger partial charge on any atom is 0.411 e. The zero-order chi connectivity index (χ0) is 17.3. The third-order valence-electron chi connectivity index (χ3n) is 3.04. The van der Waals surface area contributed by atoms with E-state index in [1.165, 1.54) is 4.52 Å². The molecule has 0 unspecified atom stereocenters. The number of benzene rings is 1. The molecule has 3 rings (SSSR count). The molecule has 1 amide bonds. The highest BCUT2D eigenvalue weighted by molar-refractivity contribution is 7.92. The number of nitrogens with zero attached hydrogens (tertiary/aromatic N) is 3. The minimum Gasteiger partial charge on any atom is -0.465 e. The molecule has 2 heterocycles. The van der Waals surface area contributed by atoms with Gasteiger partial charge >= 0.3 is 6.09 Å². The van der Waals surface area contributed by atoms with Crippen LogP contribution in [0.15, 0.2) is 42.5 Å². The predicted molar refractivity (Wildman–Crippen MR) is 88.5 cm³/mol. The molecule has 0 aliphatic heterocycles. The topological polar surface area (TPSA) is 126 Å². The van der Waals surface area contributed by atoms with Gasteiger partial charge in [0.1, 0.15) is 0 Å². The van der Waals surface area contributed by atoms with E-state index in [4.69, 9.17) is 5.11 Å². The van der Waals surface area contributed by atoms with E-state index < -0.39 is 16.1 Å². The second-order valence-corrected chi connectivity index (χ2v) is 6.75. The van der Waals surface area contributed by atoms with Gasteiger partial charge in [-0.2, -0.15) is 4.98 Å². The summed E-state index contributed by atoms with van der Waals surface area (Å²) in [6.45, 7) is 0. The summed E-state index contributed by atoms with van der Waals surface area (Å²) in [4.78, 5) is 14.8. The number of pyridine rings is 1. The Hall–Kier alpha value is -3.14. The lowest BCUT2D eigenvalue weighted by atomic mass is 10.1. The zero-order valence-electron chi connectivity index (χ0n) is 12.5. The van der Waals surface area contributed by atoms with Crippen molar-refractivity contribution in [3.63, 3.8) is 0 Å². The van der Waals surface area contributed by atoms with Gasteiger partial charge in [0, 0.05) is 11.3 Å². The Morgan fingerprint density at radius 3 is 2.67 bits per heavy atom. The second-order valence-electron chi connectivity index (χ2n) is 5.00. The van der Waals surface area contributed by atoms with Gasteiger partial charge in [0.25, 0.3) is 5.95 Å². The van der Waals surface area contributed by atoms with Crippen LogP contribution in [0, 0.1) is 0 Å². The SMILES string of the molecule is CS(=O)(=O)Nc1cccc(-c2cccc3nc(NC(=O)O)nn23)c1. The minimum absolute atomic E-state index is 0.0413. The van der Waals surface area contributed by atoms with Gasteiger partial charge < -0.3 is 5.11 Å². The monoisotopic (exact) mass is 347 g/mol. The molecule has 0 bridgehead atoms. The summed E-state index contributed by atoms with van der Waals surface area (Å²) < 4.78 is 26.6. The smallest absolute Gasteiger partial charge is 0.411 e. The van der Waals surface area contributed by atoms with Crippen LogP contribution in [0.25, 0.3) is 16.9 Å². The van der Waals surface area contributed by atoms with Crippen LogP contribution in [-0.4, -0.2) is 40.5 Å². The molecule has 9 nitrogen and oxygen atoms in total. The Morgan fingerprint density at radius 2 is 1.96 bits per heavy atom. The summed E-state index contributed by atoms with van der Waals surface area (Å²) >= 11 is 0. The standard InChI is InChI=1S/C14H13N5O4S/c1-24(22,23)18-10-5-2-4-9(8-10)11-6-3-7-12-15-13(16-14(20)21)17-19(11)12/h2-8,18H,1H3,(H,16,17)(H,20,21). The lowest BCUT2D eigenvalue weighted by Gasteiger charge is -2.08. The molecule has 0 atom stereocenters. The predicted octanol–water partition coefficient (Wildman–Crippen LogP) is 1.86. The molecule has 10 heteroatoms. The van der Waals surface area contributed by atoms with Crippen LogP contribution in [0.3, 0.4) is 0 Å². The molecule has 24 heavy (non-hydrogen) atoms. The average molecular weight is 347 g/mol. The zero-order valence-corrected chi connectivity index (χ0v) is 13.3. The van der Waals surface area contributed by atoms with Crippen LogP contribution in [0.2, 0.25) is 0 Å². The number of amides is 1. The lowest BCUT2D eigenvalue weighted by molar-refractivity contribution is 0.209. The van der Waals surface area contributed by atoms with Crippen molar-refractivity contribution in [2.45, 2.75) is 0 Å². The molecule has 0 spiro atoms. The lowest BCUT2D eigenvalue weighted by Crippen LogP contribution is -2.09. The van der Waals surface area contributed by atoms with Crippen molar-refractivity contribution in [1.29, 1.82) is 0 Å². The van der Waals surface area contributed by atoms with Gasteiger partial charge in [-0.15, -0.1) is 5.10 Å². The number of aromatic nitrogens is 3. The van der Waals surface area contributed by atoms with Gasteiger partial charge in [-0.05, 0) is 24.3 Å². The molecule has 0 radical (unpaired) electrons. The van der Waals surface area contributed by atoms with E-state index in [9.17, 15) is 13.2 Å². The molecule has 1 aromatic carbocycles. The summed E-state index contributed by atoms with van der Waals surface area (Å²) in [6.07, 6.45) is -0.186. The van der Waals surface area contributed by atoms with E-state index in [0.29, 0.717) is 22.6 Å². The number of sulfonamides is 1. The number of hydrogen-bond donors (Lipinski definition) is 3. The number of anilines is 2. The second kappa shape index (κ2) is 5.81. The van der Waals surface area contributed by atoms with E-state index >= 15 is 0 Å². The first-order valence-electron chi connectivity index (χ1n) is 6.76. The number of fused-ring (bicyclic) bond motifs is 1. The van der Waals surface area contributed by atoms with E-state index in [1.54, 1.807) is 42.5 Å². The van der Waals surface area contributed by atoms with Crippen molar-refractivity contribution >= 4 is 33.4 Å². The fourth-order valence-electron chi connectivity index (χ4n) is 2.23. The van der Waals surface area contributed by atoms with Gasteiger partial charge in [0.2, 0.25) is 10.0 Å². The number of carbonyl (C=O) groups is 1. The summed E-state index contributed by atoms with van der Waals surface area (Å²) in [5, 5.41) is 15.0.